The predicted octanol–water partition coefficient (Wildman–Crippen LogP) is 5.82. The van der Waals surface area contributed by atoms with Gasteiger partial charge in [-0.15, -0.1) is 0 Å². The molecule has 3 aromatic rings. The lowest BCUT2D eigenvalue weighted by atomic mass is 9.95. The van der Waals surface area contributed by atoms with Gasteiger partial charge in [-0.25, -0.2) is 4.79 Å². The van der Waals surface area contributed by atoms with Gasteiger partial charge in [-0.05, 0) is 72.9 Å². The van der Waals surface area contributed by atoms with E-state index in [4.69, 9.17) is 4.42 Å². The summed E-state index contributed by atoms with van der Waals surface area (Å²) in [6.45, 7) is 8.75. The molecule has 0 aliphatic rings. The maximum Gasteiger partial charge on any atom is 0.335 e. The predicted molar refractivity (Wildman–Crippen MR) is 113 cm³/mol. The number of aromatic carboxylic acids is 1. The minimum absolute atomic E-state index is 0.0927. The van der Waals surface area contributed by atoms with E-state index in [0.29, 0.717) is 33.8 Å². The number of carbonyl (C=O) groups is 1. The van der Waals surface area contributed by atoms with Gasteiger partial charge in [-0.3, -0.25) is 4.79 Å². The van der Waals surface area contributed by atoms with E-state index in [1.165, 1.54) is 12.1 Å². The molecule has 0 aliphatic carbocycles. The van der Waals surface area contributed by atoms with Crippen LogP contribution in [0.3, 0.4) is 0 Å². The Labute approximate surface area is 165 Å². The third kappa shape index (κ3) is 4.27. The molecule has 28 heavy (non-hydrogen) atoms. The molecule has 1 N–H and O–H groups in total. The third-order valence-corrected chi connectivity index (χ3v) is 5.15. The molecular weight excluding hydrogens is 352 g/mol. The first-order chi connectivity index (χ1) is 13.3. The molecule has 0 saturated carbocycles. The Morgan fingerprint density at radius 3 is 2.29 bits per heavy atom. The smallest absolute Gasteiger partial charge is 0.335 e. The lowest BCUT2D eigenvalue weighted by Gasteiger charge is -2.12. The summed E-state index contributed by atoms with van der Waals surface area (Å²) in [7, 11) is 0. The monoisotopic (exact) mass is 380 g/mol. The molecule has 2 aromatic carbocycles. The van der Waals surface area contributed by atoms with Crippen LogP contribution in [0.1, 0.15) is 62.0 Å². The Kier molecular flexibility index (Phi) is 5.87. The number of rotatable bonds is 7. The molecule has 0 atom stereocenters. The van der Waals surface area contributed by atoms with Crippen molar-refractivity contribution in [3.63, 3.8) is 0 Å². The van der Waals surface area contributed by atoms with Crippen LogP contribution in [-0.4, -0.2) is 11.1 Å². The maximum absolute atomic E-state index is 13.2. The van der Waals surface area contributed by atoms with Crippen molar-refractivity contribution in [1.29, 1.82) is 0 Å². The standard InChI is InChI=1S/C24H28O4/c1-14(2)5-7-16-11-17(8-6-15(3)4)23-20(12-16)22(25)19-13-18(24(26)27)9-10-21(19)28-23/h9-15H,5-8H2,1-4H3,(H,26,27). The van der Waals surface area contributed by atoms with Gasteiger partial charge >= 0.3 is 5.97 Å². The van der Waals surface area contributed by atoms with Crippen molar-refractivity contribution in [1.82, 2.24) is 0 Å². The van der Waals surface area contributed by atoms with Crippen LogP contribution in [-0.2, 0) is 12.8 Å². The highest BCUT2D eigenvalue weighted by molar-refractivity contribution is 5.96. The summed E-state index contributed by atoms with van der Waals surface area (Å²) in [5.74, 6) is 0.0883. The van der Waals surface area contributed by atoms with Crippen molar-refractivity contribution in [2.45, 2.75) is 53.4 Å². The highest BCUT2D eigenvalue weighted by Gasteiger charge is 2.15. The second-order valence-electron chi connectivity index (χ2n) is 8.44. The zero-order valence-electron chi connectivity index (χ0n) is 17.0. The molecule has 4 heteroatoms. The average molecular weight is 380 g/mol. The van der Waals surface area contributed by atoms with Gasteiger partial charge in [-0.1, -0.05) is 33.8 Å². The first-order valence-electron chi connectivity index (χ1n) is 10.0. The van der Waals surface area contributed by atoms with Crippen molar-refractivity contribution in [2.24, 2.45) is 11.8 Å². The van der Waals surface area contributed by atoms with Crippen LogP contribution in [0.25, 0.3) is 21.9 Å². The number of hydrogen-bond acceptors (Lipinski definition) is 3. The average Bonchev–Trinajstić information content (AvgIpc) is 2.64. The molecule has 0 aliphatic heterocycles. The fraction of sp³-hybridized carbons (Fsp3) is 0.417. The number of hydrogen-bond donors (Lipinski definition) is 1. The number of carboxylic acids is 1. The van der Waals surface area contributed by atoms with Crippen LogP contribution in [0, 0.1) is 11.8 Å². The summed E-state index contributed by atoms with van der Waals surface area (Å²) in [4.78, 5) is 24.5. The van der Waals surface area contributed by atoms with Crippen molar-refractivity contribution in [3.8, 4) is 0 Å². The largest absolute Gasteiger partial charge is 0.478 e. The summed E-state index contributed by atoms with van der Waals surface area (Å²) in [5.41, 5.74) is 3.21. The Balaban J connectivity index is 2.23. The van der Waals surface area contributed by atoms with Crippen LogP contribution in [0.2, 0.25) is 0 Å². The van der Waals surface area contributed by atoms with Crippen molar-refractivity contribution >= 4 is 27.9 Å². The lowest BCUT2D eigenvalue weighted by molar-refractivity contribution is 0.0697. The van der Waals surface area contributed by atoms with E-state index in [1.807, 2.05) is 6.07 Å². The Morgan fingerprint density at radius 1 is 0.964 bits per heavy atom. The third-order valence-electron chi connectivity index (χ3n) is 5.15. The summed E-state index contributed by atoms with van der Waals surface area (Å²) >= 11 is 0. The molecule has 4 nitrogen and oxygen atoms in total. The van der Waals surface area contributed by atoms with Gasteiger partial charge in [-0.2, -0.15) is 0 Å². The Morgan fingerprint density at radius 2 is 1.64 bits per heavy atom. The molecular formula is C24H28O4. The van der Waals surface area contributed by atoms with Gasteiger partial charge in [0.25, 0.3) is 0 Å². The van der Waals surface area contributed by atoms with E-state index < -0.39 is 5.97 Å². The number of aryl methyl sites for hydroxylation is 2. The van der Waals surface area contributed by atoms with E-state index in [9.17, 15) is 14.7 Å². The van der Waals surface area contributed by atoms with E-state index in [1.54, 1.807) is 6.07 Å². The van der Waals surface area contributed by atoms with Gasteiger partial charge in [0.05, 0.1) is 16.3 Å². The first kappa shape index (κ1) is 20.1. The minimum atomic E-state index is -1.05. The molecule has 148 valence electrons. The number of carboxylic acid groups (broad SMARTS) is 1. The van der Waals surface area contributed by atoms with Crippen molar-refractivity contribution < 1.29 is 14.3 Å². The van der Waals surface area contributed by atoms with Gasteiger partial charge in [0.1, 0.15) is 11.2 Å². The van der Waals surface area contributed by atoms with E-state index in [0.717, 1.165) is 36.8 Å². The topological polar surface area (TPSA) is 67.5 Å². The molecule has 1 heterocycles. The number of fused-ring (bicyclic) bond motifs is 2. The molecule has 0 fully saturated rings. The van der Waals surface area contributed by atoms with E-state index in [2.05, 4.69) is 33.8 Å². The van der Waals surface area contributed by atoms with Crippen molar-refractivity contribution in [2.75, 3.05) is 0 Å². The second-order valence-corrected chi connectivity index (χ2v) is 8.44. The quantitative estimate of drug-likeness (QED) is 0.524. The summed E-state index contributed by atoms with van der Waals surface area (Å²) < 4.78 is 6.11. The van der Waals surface area contributed by atoms with Crippen LogP contribution in [0.4, 0.5) is 0 Å². The molecule has 0 radical (unpaired) electrons. The second kappa shape index (κ2) is 8.17. The molecule has 0 bridgehead atoms. The zero-order valence-corrected chi connectivity index (χ0v) is 17.0. The lowest BCUT2D eigenvalue weighted by Crippen LogP contribution is -2.07. The maximum atomic E-state index is 13.2. The fourth-order valence-electron chi connectivity index (χ4n) is 3.46. The summed E-state index contributed by atoms with van der Waals surface area (Å²) in [6, 6.07) is 8.57. The van der Waals surface area contributed by atoms with Crippen LogP contribution < -0.4 is 5.43 Å². The van der Waals surface area contributed by atoms with Gasteiger partial charge < -0.3 is 9.52 Å². The first-order valence-corrected chi connectivity index (χ1v) is 10.0. The van der Waals surface area contributed by atoms with Gasteiger partial charge in [0.2, 0.25) is 5.43 Å². The molecule has 0 unspecified atom stereocenters. The molecule has 1 aromatic heterocycles. The number of benzene rings is 2. The van der Waals surface area contributed by atoms with Crippen molar-refractivity contribution in [3.05, 3.63) is 57.2 Å². The Bertz CT molecular complexity index is 1070. The zero-order chi connectivity index (χ0) is 20.4. The normalized spacial score (nSPS) is 11.8. The van der Waals surface area contributed by atoms with Crippen LogP contribution in [0.15, 0.2) is 39.5 Å². The minimum Gasteiger partial charge on any atom is -0.478 e. The van der Waals surface area contributed by atoms with Crippen LogP contribution in [0.5, 0.6) is 0 Å². The molecule has 0 spiro atoms. The SMILES string of the molecule is CC(C)CCc1cc(CCC(C)C)c2oc3ccc(C(=O)O)cc3c(=O)c2c1. The molecule has 0 amide bonds. The highest BCUT2D eigenvalue weighted by atomic mass is 16.4. The summed E-state index contributed by atoms with van der Waals surface area (Å²) in [5, 5.41) is 10.1. The van der Waals surface area contributed by atoms with E-state index in [-0.39, 0.29) is 11.0 Å². The summed E-state index contributed by atoms with van der Waals surface area (Å²) in [6.07, 6.45) is 3.83. The van der Waals surface area contributed by atoms with Crippen LogP contribution >= 0.6 is 0 Å². The van der Waals surface area contributed by atoms with Gasteiger partial charge in [0, 0.05) is 0 Å². The van der Waals surface area contributed by atoms with Gasteiger partial charge in [0.15, 0.2) is 0 Å². The Hall–Kier alpha value is -2.62. The molecule has 3 rings (SSSR count). The fourth-order valence-corrected chi connectivity index (χ4v) is 3.46. The molecule has 0 saturated heterocycles. The van der Waals surface area contributed by atoms with E-state index >= 15 is 0 Å². The highest BCUT2D eigenvalue weighted by Crippen LogP contribution is 2.27.